The number of methoxy groups -OCH3 is 1. The number of ether oxygens (including phenoxy) is 1. The van der Waals surface area contributed by atoms with Gasteiger partial charge in [-0.2, -0.15) is 10.4 Å². The number of halogens is 1. The molecule has 0 spiro atoms. The summed E-state index contributed by atoms with van der Waals surface area (Å²) in [6, 6.07) is 6.07. The van der Waals surface area contributed by atoms with Gasteiger partial charge in [0.15, 0.2) is 0 Å². The van der Waals surface area contributed by atoms with Gasteiger partial charge in [0.1, 0.15) is 11.6 Å². The summed E-state index contributed by atoms with van der Waals surface area (Å²) in [6.07, 6.45) is 1.21. The van der Waals surface area contributed by atoms with Crippen molar-refractivity contribution < 1.29 is 13.9 Å². The summed E-state index contributed by atoms with van der Waals surface area (Å²) in [5.74, 6) is -0.329. The molecule has 0 unspecified atom stereocenters. The van der Waals surface area contributed by atoms with Gasteiger partial charge >= 0.3 is 0 Å². The van der Waals surface area contributed by atoms with Crippen LogP contribution in [0.4, 0.5) is 10.1 Å². The summed E-state index contributed by atoms with van der Waals surface area (Å²) in [6.45, 7) is 4.38. The minimum Gasteiger partial charge on any atom is -0.494 e. The normalized spacial score (nSPS) is 10.4. The second-order valence-corrected chi connectivity index (χ2v) is 5.67. The van der Waals surface area contributed by atoms with E-state index in [2.05, 4.69) is 16.5 Å². The van der Waals surface area contributed by atoms with Gasteiger partial charge in [-0.05, 0) is 38.0 Å². The number of nitrogens with one attached hydrogen (secondary N) is 1. The smallest absolute Gasteiger partial charge is 0.224 e. The maximum atomic E-state index is 13.2. The van der Waals surface area contributed by atoms with E-state index in [1.54, 1.807) is 4.68 Å². The van der Waals surface area contributed by atoms with E-state index < -0.39 is 5.82 Å². The zero-order chi connectivity index (χ0) is 18.4. The molecule has 1 amide bonds. The zero-order valence-corrected chi connectivity index (χ0v) is 14.6. The minimum absolute atomic E-state index is 0.187. The lowest BCUT2D eigenvalue weighted by atomic mass is 10.1. The van der Waals surface area contributed by atoms with Gasteiger partial charge in [0.25, 0.3) is 0 Å². The van der Waals surface area contributed by atoms with Crippen molar-refractivity contribution >= 4 is 11.6 Å². The van der Waals surface area contributed by atoms with E-state index in [9.17, 15) is 9.18 Å². The lowest BCUT2D eigenvalue weighted by Gasteiger charge is -2.10. The van der Waals surface area contributed by atoms with E-state index in [4.69, 9.17) is 10.00 Å². The van der Waals surface area contributed by atoms with Gasteiger partial charge < -0.3 is 10.1 Å². The predicted octanol–water partition coefficient (Wildman–Crippen LogP) is 3.13. The van der Waals surface area contributed by atoms with Crippen LogP contribution in [0.5, 0.6) is 5.75 Å². The molecular formula is C18H21FN4O2. The fourth-order valence-corrected chi connectivity index (χ4v) is 2.69. The van der Waals surface area contributed by atoms with Gasteiger partial charge in [0.05, 0.1) is 37.5 Å². The molecule has 7 heteroatoms. The Morgan fingerprint density at radius 1 is 1.44 bits per heavy atom. The first kappa shape index (κ1) is 18.5. The fraction of sp³-hybridized carbons (Fsp3) is 0.389. The van der Waals surface area contributed by atoms with Gasteiger partial charge in [0.2, 0.25) is 5.91 Å². The first-order valence-electron chi connectivity index (χ1n) is 7.99. The minimum atomic E-state index is -0.425. The molecule has 1 aromatic carbocycles. The number of carbonyl (C=O) groups is 1. The van der Waals surface area contributed by atoms with Gasteiger partial charge in [-0.15, -0.1) is 0 Å². The van der Waals surface area contributed by atoms with Crippen LogP contribution in [0.2, 0.25) is 0 Å². The van der Waals surface area contributed by atoms with Crippen LogP contribution in [0.15, 0.2) is 18.2 Å². The molecule has 0 bridgehead atoms. The molecule has 2 aromatic rings. The lowest BCUT2D eigenvalue weighted by Crippen LogP contribution is -2.13. The number of anilines is 1. The zero-order valence-electron chi connectivity index (χ0n) is 14.6. The number of nitrogens with zero attached hydrogens (tertiary/aromatic N) is 3. The van der Waals surface area contributed by atoms with Crippen molar-refractivity contribution in [3.8, 4) is 11.8 Å². The third-order valence-corrected chi connectivity index (χ3v) is 4.01. The van der Waals surface area contributed by atoms with E-state index in [1.165, 1.54) is 25.3 Å². The lowest BCUT2D eigenvalue weighted by molar-refractivity contribution is -0.116. The van der Waals surface area contributed by atoms with E-state index in [0.29, 0.717) is 25.1 Å². The maximum absolute atomic E-state index is 13.2. The summed E-state index contributed by atoms with van der Waals surface area (Å²) < 4.78 is 20.1. The molecule has 0 saturated heterocycles. The quantitative estimate of drug-likeness (QED) is 0.837. The highest BCUT2D eigenvalue weighted by molar-refractivity contribution is 5.92. The average Bonchev–Trinajstić information content (AvgIpc) is 2.86. The number of rotatable bonds is 7. The Morgan fingerprint density at radius 2 is 2.20 bits per heavy atom. The van der Waals surface area contributed by atoms with Gasteiger partial charge in [-0.3, -0.25) is 9.48 Å². The van der Waals surface area contributed by atoms with Crippen molar-refractivity contribution in [1.82, 2.24) is 9.78 Å². The van der Waals surface area contributed by atoms with Crippen molar-refractivity contribution in [3.05, 3.63) is 41.0 Å². The first-order valence-corrected chi connectivity index (χ1v) is 7.99. The van der Waals surface area contributed by atoms with Crippen LogP contribution in [-0.4, -0.2) is 22.8 Å². The number of aromatic nitrogens is 2. The number of hydrogen-bond acceptors (Lipinski definition) is 4. The number of carbonyl (C=O) groups excluding carboxylic acids is 1. The number of amides is 1. The highest BCUT2D eigenvalue weighted by Gasteiger charge is 2.14. The molecule has 25 heavy (non-hydrogen) atoms. The van der Waals surface area contributed by atoms with Crippen molar-refractivity contribution in [2.75, 3.05) is 12.4 Å². The first-order chi connectivity index (χ1) is 12.0. The van der Waals surface area contributed by atoms with Crippen molar-refractivity contribution in [1.29, 1.82) is 5.26 Å². The van der Waals surface area contributed by atoms with Crippen LogP contribution in [-0.2, 0) is 17.8 Å². The Morgan fingerprint density at radius 3 is 2.88 bits per heavy atom. The fourth-order valence-electron chi connectivity index (χ4n) is 2.69. The van der Waals surface area contributed by atoms with E-state index in [1.807, 2.05) is 13.8 Å². The van der Waals surface area contributed by atoms with E-state index in [0.717, 1.165) is 17.0 Å². The second-order valence-electron chi connectivity index (χ2n) is 5.67. The summed E-state index contributed by atoms with van der Waals surface area (Å²) in [4.78, 5) is 12.2. The molecule has 1 heterocycles. The Bertz CT molecular complexity index is 808. The van der Waals surface area contributed by atoms with Crippen LogP contribution in [0.25, 0.3) is 0 Å². The molecule has 0 fully saturated rings. The molecule has 6 nitrogen and oxygen atoms in total. The van der Waals surface area contributed by atoms with Gasteiger partial charge in [-0.1, -0.05) is 0 Å². The van der Waals surface area contributed by atoms with E-state index >= 15 is 0 Å². The molecule has 2 rings (SSSR count). The largest absolute Gasteiger partial charge is 0.494 e. The topological polar surface area (TPSA) is 79.9 Å². The molecule has 1 aromatic heterocycles. The average molecular weight is 344 g/mol. The highest BCUT2D eigenvalue weighted by Crippen LogP contribution is 2.25. The Balaban J connectivity index is 2.01. The van der Waals surface area contributed by atoms with Crippen LogP contribution in [0.3, 0.4) is 0 Å². The molecule has 0 saturated carbocycles. The number of aryl methyl sites for hydroxylation is 2. The SMILES string of the molecule is COc1cc(F)ccc1NC(=O)CCc1c(C)nn(CCC#N)c1C. The molecule has 0 aliphatic heterocycles. The summed E-state index contributed by atoms with van der Waals surface area (Å²) in [5, 5.41) is 15.8. The third kappa shape index (κ3) is 4.57. The van der Waals surface area contributed by atoms with Crippen LogP contribution < -0.4 is 10.1 Å². The predicted molar refractivity (Wildman–Crippen MR) is 91.8 cm³/mol. The van der Waals surface area contributed by atoms with Crippen molar-refractivity contribution in [3.63, 3.8) is 0 Å². The van der Waals surface area contributed by atoms with Gasteiger partial charge in [-0.25, -0.2) is 4.39 Å². The number of benzene rings is 1. The molecule has 0 radical (unpaired) electrons. The van der Waals surface area contributed by atoms with Crippen LogP contribution in [0, 0.1) is 31.0 Å². The van der Waals surface area contributed by atoms with Crippen molar-refractivity contribution in [2.24, 2.45) is 0 Å². The Hall–Kier alpha value is -2.88. The third-order valence-electron chi connectivity index (χ3n) is 4.01. The van der Waals surface area contributed by atoms with Crippen molar-refractivity contribution in [2.45, 2.75) is 39.7 Å². The number of nitriles is 1. The van der Waals surface area contributed by atoms with Crippen LogP contribution in [0.1, 0.15) is 29.8 Å². The summed E-state index contributed by atoms with van der Waals surface area (Å²) in [5.41, 5.74) is 3.29. The maximum Gasteiger partial charge on any atom is 0.224 e. The summed E-state index contributed by atoms with van der Waals surface area (Å²) >= 11 is 0. The van der Waals surface area contributed by atoms with E-state index in [-0.39, 0.29) is 18.1 Å². The Labute approximate surface area is 146 Å². The molecule has 132 valence electrons. The Kier molecular flexibility index (Phi) is 6.12. The summed E-state index contributed by atoms with van der Waals surface area (Å²) in [7, 11) is 1.42. The monoisotopic (exact) mass is 344 g/mol. The van der Waals surface area contributed by atoms with Gasteiger partial charge in [0, 0.05) is 18.2 Å². The number of hydrogen-bond donors (Lipinski definition) is 1. The second kappa shape index (κ2) is 8.29. The molecule has 1 N–H and O–H groups in total. The molecule has 0 atom stereocenters. The molecular weight excluding hydrogens is 323 g/mol. The van der Waals surface area contributed by atoms with Crippen LogP contribution >= 0.6 is 0 Å². The standard InChI is InChI=1S/C18H21FN4O2/c1-12-15(13(2)23(22-12)10-4-9-20)6-8-18(24)21-16-7-5-14(19)11-17(16)25-3/h5,7,11H,4,6,8,10H2,1-3H3,(H,21,24). The molecule has 0 aliphatic rings. The molecule has 0 aliphatic carbocycles. The highest BCUT2D eigenvalue weighted by atomic mass is 19.1.